The van der Waals surface area contributed by atoms with E-state index >= 15 is 0 Å². The summed E-state index contributed by atoms with van der Waals surface area (Å²) < 4.78 is 7.46. The lowest BCUT2D eigenvalue weighted by atomic mass is 9.79. The minimum absolute atomic E-state index is 0.0245. The summed E-state index contributed by atoms with van der Waals surface area (Å²) in [7, 11) is 3.62. The molecule has 0 bridgehead atoms. The highest BCUT2D eigenvalue weighted by molar-refractivity contribution is 14.2. The van der Waals surface area contributed by atoms with Gasteiger partial charge in [0.15, 0.2) is 5.88 Å². The molecule has 1 aromatic heterocycles. The summed E-state index contributed by atoms with van der Waals surface area (Å²) in [5, 5.41) is 19.9. The number of likely N-dealkylation sites (N-methyl/N-ethyl adjacent to an activating group) is 1. The van der Waals surface area contributed by atoms with Crippen LogP contribution in [-0.2, 0) is 4.74 Å². The van der Waals surface area contributed by atoms with E-state index in [-0.39, 0.29) is 17.1 Å². The van der Waals surface area contributed by atoms with E-state index in [1.54, 1.807) is 19.3 Å². The molecule has 0 amide bonds. The molecule has 3 rings (SSSR count). The highest BCUT2D eigenvalue weighted by Gasteiger charge is 2.39. The van der Waals surface area contributed by atoms with E-state index in [4.69, 9.17) is 15.9 Å². The number of halogens is 1. The van der Waals surface area contributed by atoms with Crippen LogP contribution in [0.25, 0.3) is 5.57 Å². The van der Waals surface area contributed by atoms with Gasteiger partial charge in [-0.25, -0.2) is 4.45 Å². The van der Waals surface area contributed by atoms with Crippen LogP contribution in [0.4, 0.5) is 0 Å². The van der Waals surface area contributed by atoms with Crippen LogP contribution in [0.5, 0.6) is 0 Å². The van der Waals surface area contributed by atoms with Gasteiger partial charge in [-0.15, -0.1) is 0 Å². The van der Waals surface area contributed by atoms with Gasteiger partial charge in [-0.3, -0.25) is 5.41 Å². The Balaban J connectivity index is 1.72. The van der Waals surface area contributed by atoms with Crippen LogP contribution in [-0.4, -0.2) is 51.6 Å². The molecule has 1 saturated heterocycles. The van der Waals surface area contributed by atoms with Crippen LogP contribution in [0.1, 0.15) is 46.1 Å². The number of hydrogen-bond acceptors (Lipinski definition) is 6. The van der Waals surface area contributed by atoms with Crippen molar-refractivity contribution in [2.45, 2.75) is 57.7 Å². The zero-order valence-electron chi connectivity index (χ0n) is 20.2. The van der Waals surface area contributed by atoms with Gasteiger partial charge in [0.25, 0.3) is 0 Å². The second-order valence-electron chi connectivity index (χ2n) is 9.82. The lowest BCUT2D eigenvalue weighted by Crippen LogP contribution is -2.62. The summed E-state index contributed by atoms with van der Waals surface area (Å²) in [6.45, 7) is 8.89. The molecule has 180 valence electrons. The summed E-state index contributed by atoms with van der Waals surface area (Å²) in [6.07, 6.45) is 13.7. The maximum absolute atomic E-state index is 8.60. The first-order valence-electron chi connectivity index (χ1n) is 10.9. The van der Waals surface area contributed by atoms with Gasteiger partial charge in [-0.05, 0) is 86.9 Å². The molecule has 10 heteroatoms. The largest absolute Gasteiger partial charge is 0.482 e. The average Bonchev–Trinajstić information content (AvgIpc) is 3.23. The molecule has 33 heavy (non-hydrogen) atoms. The van der Waals surface area contributed by atoms with Gasteiger partial charge in [-0.1, -0.05) is 0 Å². The molecule has 1 unspecified atom stereocenters. The molecule has 1 atom stereocenters. The average molecular weight is 583 g/mol. The van der Waals surface area contributed by atoms with Crippen molar-refractivity contribution in [1.82, 2.24) is 25.1 Å². The van der Waals surface area contributed by atoms with Crippen molar-refractivity contribution in [3.05, 3.63) is 59.5 Å². The van der Waals surface area contributed by atoms with Gasteiger partial charge >= 0.3 is 0 Å². The first kappa shape index (κ1) is 25.8. The number of amidine groups is 1. The van der Waals surface area contributed by atoms with Crippen LogP contribution in [0, 0.1) is 5.41 Å². The highest BCUT2D eigenvalue weighted by atomic mass is 127. The number of dihydropyridines is 1. The first-order chi connectivity index (χ1) is 15.4. The number of rotatable bonds is 6. The Kier molecular flexibility index (Phi) is 7.96. The van der Waals surface area contributed by atoms with Crippen LogP contribution in [0.2, 0.25) is 0 Å². The fraction of sp³-hybridized carbons (Fsp3) is 0.478. The van der Waals surface area contributed by atoms with E-state index in [2.05, 4.69) is 65.5 Å². The molecule has 2 aliphatic rings. The molecule has 0 spiro atoms. The number of nitrogens with zero attached hydrogens (tertiary/aromatic N) is 3. The van der Waals surface area contributed by atoms with Crippen molar-refractivity contribution in [1.29, 1.82) is 5.41 Å². The summed E-state index contributed by atoms with van der Waals surface area (Å²) >= 11 is 2.29. The third-order valence-corrected chi connectivity index (χ3v) is 7.82. The van der Waals surface area contributed by atoms with Crippen molar-refractivity contribution in [2.24, 2.45) is 5.73 Å². The number of allylic oxidation sites excluding steroid dienone is 4. The Labute approximate surface area is 211 Å². The summed E-state index contributed by atoms with van der Waals surface area (Å²) in [6, 6.07) is 0.282. The third kappa shape index (κ3) is 6.39. The lowest BCUT2D eigenvalue weighted by molar-refractivity contribution is 0.114. The zero-order valence-corrected chi connectivity index (χ0v) is 23.3. The zero-order chi connectivity index (χ0) is 24.4. The van der Waals surface area contributed by atoms with Gasteiger partial charge in [0.05, 0.1) is 31.1 Å². The van der Waals surface area contributed by atoms with Gasteiger partial charge < -0.3 is 26.0 Å². The molecule has 3 heterocycles. The van der Waals surface area contributed by atoms with Gasteiger partial charge in [0.2, 0.25) is 0 Å². The van der Waals surface area contributed by atoms with Crippen LogP contribution >= 0.6 is 28.4 Å². The minimum atomic E-state index is 0.0245. The fourth-order valence-electron chi connectivity index (χ4n) is 4.65. The molecule has 1 fully saturated rings. The Morgan fingerprint density at radius 2 is 1.97 bits per heavy atom. The molecule has 1 aromatic rings. The van der Waals surface area contributed by atoms with Crippen LogP contribution < -0.4 is 16.4 Å². The second kappa shape index (κ2) is 10.2. The van der Waals surface area contributed by atoms with Gasteiger partial charge in [0.1, 0.15) is 5.84 Å². The molecule has 0 aromatic carbocycles. The number of hydrogen-bond donors (Lipinski definition) is 4. The third-order valence-electron chi connectivity index (χ3n) is 5.92. The Morgan fingerprint density at radius 1 is 1.30 bits per heavy atom. The molecular weight excluding hydrogens is 548 g/mol. The van der Waals surface area contributed by atoms with E-state index in [1.165, 1.54) is 0 Å². The van der Waals surface area contributed by atoms with Gasteiger partial charge in [-0.2, -0.15) is 5.10 Å². The normalized spacial score (nSPS) is 22.2. The quantitative estimate of drug-likeness (QED) is 0.174. The molecule has 0 aliphatic carbocycles. The number of ether oxygens (including phenoxy) is 1. The smallest absolute Gasteiger partial charge is 0.199 e. The maximum Gasteiger partial charge on any atom is 0.199 e. The van der Waals surface area contributed by atoms with Crippen molar-refractivity contribution >= 4 is 39.8 Å². The molecular formula is C23H35IN7OP. The maximum atomic E-state index is 8.60. The summed E-state index contributed by atoms with van der Waals surface area (Å²) in [5.74, 6) is 1.05. The number of piperidine rings is 1. The monoisotopic (exact) mass is 583 g/mol. The van der Waals surface area contributed by atoms with Crippen molar-refractivity contribution < 1.29 is 4.74 Å². The van der Waals surface area contributed by atoms with Crippen molar-refractivity contribution in [3.63, 3.8) is 0 Å². The number of methoxy groups -OCH3 is 1. The number of nitrogens with two attached hydrogens (primary N) is 1. The van der Waals surface area contributed by atoms with Gasteiger partial charge in [0, 0.05) is 41.5 Å². The Bertz CT molecular complexity index is 1010. The summed E-state index contributed by atoms with van der Waals surface area (Å²) in [4.78, 5) is 2.05. The number of nitrogens with one attached hydrogen (secondary N) is 3. The molecule has 5 N–H and O–H groups in total. The van der Waals surface area contributed by atoms with Crippen LogP contribution in [0.15, 0.2) is 54.0 Å². The molecule has 8 nitrogen and oxygen atoms in total. The second-order valence-corrected chi connectivity index (χ2v) is 11.9. The van der Waals surface area contributed by atoms with E-state index in [0.717, 1.165) is 29.7 Å². The Morgan fingerprint density at radius 3 is 2.55 bits per heavy atom. The topological polar surface area (TPSA) is 104 Å². The molecule has 0 saturated carbocycles. The van der Waals surface area contributed by atoms with Crippen molar-refractivity contribution in [2.75, 3.05) is 14.2 Å². The predicted molar refractivity (Wildman–Crippen MR) is 146 cm³/mol. The van der Waals surface area contributed by atoms with E-state index < -0.39 is 0 Å². The van der Waals surface area contributed by atoms with Crippen LogP contribution in [0.3, 0.4) is 0 Å². The minimum Gasteiger partial charge on any atom is -0.482 e. The summed E-state index contributed by atoms with van der Waals surface area (Å²) in [5.41, 5.74) is 9.56. The van der Waals surface area contributed by atoms with Crippen molar-refractivity contribution in [3.8, 4) is 0 Å². The fourth-order valence-corrected chi connectivity index (χ4v) is 5.73. The first-order valence-corrected chi connectivity index (χ1v) is 14.9. The molecule has 0 radical (unpaired) electrons. The van der Waals surface area contributed by atoms with E-state index in [9.17, 15) is 0 Å². The van der Waals surface area contributed by atoms with E-state index in [0.29, 0.717) is 23.8 Å². The Hall–Kier alpha value is -1.84. The predicted octanol–water partition coefficient (Wildman–Crippen LogP) is 4.09. The lowest BCUT2D eigenvalue weighted by Gasteiger charge is -2.49. The van der Waals surface area contributed by atoms with E-state index in [1.807, 2.05) is 40.9 Å². The SMILES string of the molecule is COC1=C(c2cnn(PI)c2)C=C/C(=C(N)/C=C\C(=N)N(C)C2CC(C)(C)NC(C)(C)C2)N1. The standard InChI is InChI=1S/C23H35IN7OP/c1-22(2)11-16(12-23(3,4)29-22)30(5)20(26)10-8-18(25)19-9-7-17(21(28-19)32-6)15-13-27-31(14-15)33-24/h7-10,13-14,16,26,28-29,33H,11-12,25H2,1-6H3/b10-8-,19-18+,26-20?. The molecule has 2 aliphatic heterocycles. The number of aromatic nitrogens is 2. The highest BCUT2D eigenvalue weighted by Crippen LogP contribution is 2.31.